The van der Waals surface area contributed by atoms with Gasteiger partial charge in [-0.3, -0.25) is 9.59 Å². The Morgan fingerprint density at radius 3 is 2.67 bits per heavy atom. The summed E-state index contributed by atoms with van der Waals surface area (Å²) in [5.74, 6) is -0.473. The van der Waals surface area contributed by atoms with Gasteiger partial charge in [-0.2, -0.15) is 0 Å². The maximum absolute atomic E-state index is 13.9. The number of carbonyl (C=O) groups excluding carboxylic acids is 2. The van der Waals surface area contributed by atoms with E-state index < -0.39 is 12.0 Å². The van der Waals surface area contributed by atoms with Crippen LogP contribution in [0.15, 0.2) is 53.9 Å². The van der Waals surface area contributed by atoms with Gasteiger partial charge in [0.05, 0.1) is 31.4 Å². The second-order valence-corrected chi connectivity index (χ2v) is 9.19. The van der Waals surface area contributed by atoms with Crippen LogP contribution in [0.2, 0.25) is 5.02 Å². The number of anilines is 1. The fraction of sp³-hybridized carbons (Fsp3) is 0.280. The number of nitrogens with one attached hydrogen (secondary N) is 1. The van der Waals surface area contributed by atoms with Crippen molar-refractivity contribution in [1.29, 1.82) is 0 Å². The monoisotopic (exact) mass is 484 g/mol. The predicted octanol–water partition coefficient (Wildman–Crippen LogP) is 5.28. The lowest BCUT2D eigenvalue weighted by atomic mass is 9.81. The van der Waals surface area contributed by atoms with Gasteiger partial charge in [0, 0.05) is 35.2 Å². The summed E-state index contributed by atoms with van der Waals surface area (Å²) < 4.78 is 10.7. The van der Waals surface area contributed by atoms with Crippen molar-refractivity contribution in [3.63, 3.8) is 0 Å². The average molecular weight is 485 g/mol. The number of methoxy groups -OCH3 is 2. The highest BCUT2D eigenvalue weighted by molar-refractivity contribution is 7.10. The van der Waals surface area contributed by atoms with Crippen LogP contribution in [0.5, 0.6) is 5.75 Å². The van der Waals surface area contributed by atoms with E-state index in [1.807, 2.05) is 42.6 Å². The molecule has 0 saturated carbocycles. The quantitative estimate of drug-likeness (QED) is 0.495. The minimum atomic E-state index is -0.616. The zero-order chi connectivity index (χ0) is 23.5. The Morgan fingerprint density at radius 1 is 1.18 bits per heavy atom. The van der Waals surface area contributed by atoms with Gasteiger partial charge in [-0.15, -0.1) is 11.3 Å². The van der Waals surface area contributed by atoms with Gasteiger partial charge in [0.2, 0.25) is 5.91 Å². The van der Waals surface area contributed by atoms with Crippen molar-refractivity contribution in [3.8, 4) is 5.75 Å². The van der Waals surface area contributed by atoms with E-state index in [-0.39, 0.29) is 11.8 Å². The zero-order valence-corrected chi connectivity index (χ0v) is 20.2. The first-order valence-corrected chi connectivity index (χ1v) is 11.8. The molecule has 2 atom stereocenters. The number of hydrogen-bond donors (Lipinski definition) is 1. The van der Waals surface area contributed by atoms with Crippen LogP contribution in [-0.2, 0) is 9.53 Å². The summed E-state index contributed by atoms with van der Waals surface area (Å²) in [6.45, 7) is 2.61. The number of halogens is 1. The van der Waals surface area contributed by atoms with Crippen molar-refractivity contribution in [2.24, 2.45) is 0 Å². The molecule has 1 N–H and O–H groups in total. The Kier molecular flexibility index (Phi) is 7.02. The first-order chi connectivity index (χ1) is 16.0. The molecule has 1 aromatic heterocycles. The van der Waals surface area contributed by atoms with Crippen molar-refractivity contribution < 1.29 is 19.1 Å². The van der Waals surface area contributed by atoms with Gasteiger partial charge in [0.1, 0.15) is 5.75 Å². The number of thiophene rings is 1. The summed E-state index contributed by atoms with van der Waals surface area (Å²) in [4.78, 5) is 30.0. The smallest absolute Gasteiger partial charge is 0.254 e. The molecule has 4 rings (SSSR count). The van der Waals surface area contributed by atoms with Crippen LogP contribution in [0.4, 0.5) is 5.69 Å². The molecule has 1 aliphatic rings. The Hall–Kier alpha value is -2.87. The fourth-order valence-corrected chi connectivity index (χ4v) is 5.25. The molecule has 6 nitrogen and oxygen atoms in total. The van der Waals surface area contributed by atoms with E-state index in [0.29, 0.717) is 40.7 Å². The van der Waals surface area contributed by atoms with Gasteiger partial charge in [-0.25, -0.2) is 0 Å². The molecule has 0 radical (unpaired) electrons. The third kappa shape index (κ3) is 4.49. The lowest BCUT2D eigenvalue weighted by Gasteiger charge is -2.41. The van der Waals surface area contributed by atoms with Gasteiger partial charge in [-0.05, 0) is 41.6 Å². The summed E-state index contributed by atoms with van der Waals surface area (Å²) in [7, 11) is 3.13. The molecule has 2 aromatic carbocycles. The highest BCUT2D eigenvalue weighted by Gasteiger charge is 2.44. The first-order valence-electron chi connectivity index (χ1n) is 10.5. The van der Waals surface area contributed by atoms with E-state index in [2.05, 4.69) is 5.32 Å². The van der Waals surface area contributed by atoms with Crippen molar-refractivity contribution in [3.05, 3.63) is 80.5 Å². The number of ether oxygens (including phenoxy) is 2. The highest BCUT2D eigenvalue weighted by Crippen LogP contribution is 2.45. The maximum Gasteiger partial charge on any atom is 0.254 e. The molecule has 2 heterocycles. The van der Waals surface area contributed by atoms with E-state index in [9.17, 15) is 9.59 Å². The Labute approximate surface area is 202 Å². The molecule has 8 heteroatoms. The van der Waals surface area contributed by atoms with Crippen LogP contribution >= 0.6 is 22.9 Å². The number of amides is 2. The predicted molar refractivity (Wildman–Crippen MR) is 131 cm³/mol. The van der Waals surface area contributed by atoms with Crippen molar-refractivity contribution >= 4 is 40.4 Å². The third-order valence-electron chi connectivity index (χ3n) is 5.83. The number of fused-ring (bicyclic) bond motifs is 1. The zero-order valence-electron chi connectivity index (χ0n) is 18.6. The van der Waals surface area contributed by atoms with Gasteiger partial charge < -0.3 is 19.7 Å². The Balaban J connectivity index is 1.81. The molecule has 0 aliphatic carbocycles. The van der Waals surface area contributed by atoms with E-state index in [4.69, 9.17) is 21.1 Å². The normalized spacial score (nSPS) is 17.6. The van der Waals surface area contributed by atoms with Gasteiger partial charge in [-0.1, -0.05) is 35.9 Å². The minimum absolute atomic E-state index is 0.106. The number of aryl methyl sites for hydroxylation is 1. The van der Waals surface area contributed by atoms with E-state index >= 15 is 0 Å². The van der Waals surface area contributed by atoms with Crippen LogP contribution < -0.4 is 10.1 Å². The molecule has 0 saturated heterocycles. The molecule has 172 valence electrons. The van der Waals surface area contributed by atoms with Crippen LogP contribution in [-0.4, -0.2) is 44.1 Å². The van der Waals surface area contributed by atoms with E-state index in [1.54, 1.807) is 30.2 Å². The van der Waals surface area contributed by atoms with Gasteiger partial charge in [0.25, 0.3) is 5.91 Å². The molecule has 2 amide bonds. The maximum atomic E-state index is 13.9. The topological polar surface area (TPSA) is 67.9 Å². The fourth-order valence-electron chi connectivity index (χ4n) is 4.23. The van der Waals surface area contributed by atoms with Crippen LogP contribution in [0, 0.1) is 6.92 Å². The highest BCUT2D eigenvalue weighted by atomic mass is 35.5. The number of benzene rings is 2. The number of hydrogen-bond acceptors (Lipinski definition) is 5. The summed E-state index contributed by atoms with van der Waals surface area (Å²) >= 11 is 7.77. The standard InChI is InChI=1S/C25H25ClN2O4S/c1-15-13-19(20(32-3)14-18(15)26)27-24(29)22-16-7-4-5-8-17(16)25(30)28(10-11-31-2)23(22)21-9-6-12-33-21/h4-9,12-14,22-23H,10-11H2,1-3H3,(H,27,29)/t22-,23-/m0/s1. The third-order valence-corrected chi connectivity index (χ3v) is 7.18. The Morgan fingerprint density at radius 2 is 1.97 bits per heavy atom. The first kappa shape index (κ1) is 23.3. The van der Waals surface area contributed by atoms with Crippen LogP contribution in [0.25, 0.3) is 0 Å². The molecular formula is C25H25ClN2O4S. The van der Waals surface area contributed by atoms with E-state index in [0.717, 1.165) is 10.4 Å². The van der Waals surface area contributed by atoms with Gasteiger partial charge in [0.15, 0.2) is 0 Å². The lowest BCUT2D eigenvalue weighted by molar-refractivity contribution is -0.119. The largest absolute Gasteiger partial charge is 0.495 e. The molecule has 0 spiro atoms. The molecule has 33 heavy (non-hydrogen) atoms. The van der Waals surface area contributed by atoms with Crippen molar-refractivity contribution in [1.82, 2.24) is 4.90 Å². The summed E-state index contributed by atoms with van der Waals surface area (Å²) in [6, 6.07) is 14.2. The molecule has 0 fully saturated rings. The number of nitrogens with zero attached hydrogens (tertiary/aromatic N) is 1. The summed E-state index contributed by atoms with van der Waals surface area (Å²) in [5.41, 5.74) is 2.59. The lowest BCUT2D eigenvalue weighted by Crippen LogP contribution is -2.47. The summed E-state index contributed by atoms with van der Waals surface area (Å²) in [5, 5.41) is 5.55. The molecular weight excluding hydrogens is 460 g/mol. The van der Waals surface area contributed by atoms with Crippen LogP contribution in [0.3, 0.4) is 0 Å². The van der Waals surface area contributed by atoms with Crippen molar-refractivity contribution in [2.45, 2.75) is 18.9 Å². The second-order valence-electron chi connectivity index (χ2n) is 7.81. The SMILES string of the molecule is COCCN1C(=O)c2ccccc2[C@H](C(=O)Nc2cc(C)c(Cl)cc2OC)[C@@H]1c1cccs1. The number of carbonyl (C=O) groups is 2. The average Bonchev–Trinajstić information content (AvgIpc) is 3.35. The van der Waals surface area contributed by atoms with Crippen molar-refractivity contribution in [2.75, 3.05) is 32.7 Å². The second kappa shape index (κ2) is 9.95. The van der Waals surface area contributed by atoms with E-state index in [1.165, 1.54) is 18.4 Å². The summed E-state index contributed by atoms with van der Waals surface area (Å²) in [6.07, 6.45) is 0. The molecule has 3 aromatic rings. The van der Waals surface area contributed by atoms with Crippen LogP contribution in [0.1, 0.15) is 38.3 Å². The number of rotatable bonds is 7. The Bertz CT molecular complexity index is 1170. The molecule has 0 bridgehead atoms. The molecule has 0 unspecified atom stereocenters. The molecule has 1 aliphatic heterocycles. The van der Waals surface area contributed by atoms with Gasteiger partial charge >= 0.3 is 0 Å². The minimum Gasteiger partial charge on any atom is -0.495 e.